The lowest BCUT2D eigenvalue weighted by Gasteiger charge is -2.24. The number of pyridine rings is 1. The summed E-state index contributed by atoms with van der Waals surface area (Å²) in [5.74, 6) is 2.09. The van der Waals surface area contributed by atoms with Crippen LogP contribution < -0.4 is 10.5 Å². The second-order valence-electron chi connectivity index (χ2n) is 5.20. The number of imidazole rings is 1. The molecule has 1 fully saturated rings. The number of fused-ring (bicyclic) bond motifs is 1. The van der Waals surface area contributed by atoms with E-state index < -0.39 is 0 Å². The Morgan fingerprint density at radius 3 is 3.05 bits per heavy atom. The third-order valence-corrected chi connectivity index (χ3v) is 3.73. The molecule has 2 heterocycles. The number of hydrogen-bond acceptors (Lipinski definition) is 4. The van der Waals surface area contributed by atoms with Gasteiger partial charge in [-0.3, -0.25) is 0 Å². The molecule has 1 saturated carbocycles. The molecule has 1 aliphatic carbocycles. The highest BCUT2D eigenvalue weighted by atomic mass is 16.5. The van der Waals surface area contributed by atoms with Gasteiger partial charge in [0.25, 0.3) is 0 Å². The fourth-order valence-corrected chi connectivity index (χ4v) is 2.79. The number of H-pyrrole nitrogens is 1. The van der Waals surface area contributed by atoms with Gasteiger partial charge >= 0.3 is 0 Å². The van der Waals surface area contributed by atoms with Crippen LogP contribution in [0.25, 0.3) is 11.2 Å². The first kappa shape index (κ1) is 12.4. The molecule has 0 bridgehead atoms. The van der Waals surface area contributed by atoms with Gasteiger partial charge in [0.15, 0.2) is 5.65 Å². The lowest BCUT2D eigenvalue weighted by molar-refractivity contribution is 0.328. The van der Waals surface area contributed by atoms with Crippen molar-refractivity contribution < 1.29 is 4.74 Å². The normalized spacial score (nSPS) is 23.7. The van der Waals surface area contributed by atoms with Crippen molar-refractivity contribution in [2.45, 2.75) is 44.6 Å². The molecule has 19 heavy (non-hydrogen) atoms. The Kier molecular flexibility index (Phi) is 3.38. The number of rotatable bonds is 3. The van der Waals surface area contributed by atoms with Crippen LogP contribution in [0.1, 0.15) is 44.3 Å². The van der Waals surface area contributed by atoms with Gasteiger partial charge in [-0.2, -0.15) is 4.98 Å². The minimum absolute atomic E-state index is 0.305. The third kappa shape index (κ3) is 2.56. The van der Waals surface area contributed by atoms with Gasteiger partial charge in [0, 0.05) is 18.0 Å². The number of nitrogens with one attached hydrogen (secondary N) is 1. The summed E-state index contributed by atoms with van der Waals surface area (Å²) in [6, 6.07) is 4.16. The van der Waals surface area contributed by atoms with Gasteiger partial charge in [0.2, 0.25) is 5.88 Å². The van der Waals surface area contributed by atoms with Crippen molar-refractivity contribution in [2.24, 2.45) is 5.73 Å². The lowest BCUT2D eigenvalue weighted by Crippen LogP contribution is -2.27. The predicted molar refractivity (Wildman–Crippen MR) is 74.2 cm³/mol. The Bertz CT molecular complexity index is 566. The van der Waals surface area contributed by atoms with E-state index >= 15 is 0 Å². The standard InChI is InChI=1S/C14H20N4O/c1-2-19-12-7-6-11-14(17-12)18-13(16-11)9-4-3-5-10(15)8-9/h6-7,9-10H,2-5,8,15H2,1H3,(H,16,17,18). The molecule has 0 saturated heterocycles. The summed E-state index contributed by atoms with van der Waals surface area (Å²) in [4.78, 5) is 12.4. The zero-order valence-corrected chi connectivity index (χ0v) is 11.2. The number of nitrogens with two attached hydrogens (primary N) is 1. The Balaban J connectivity index is 1.88. The fraction of sp³-hybridized carbons (Fsp3) is 0.571. The largest absolute Gasteiger partial charge is 0.478 e. The molecular formula is C14H20N4O. The van der Waals surface area contributed by atoms with Crippen LogP contribution >= 0.6 is 0 Å². The molecule has 2 aromatic rings. The van der Waals surface area contributed by atoms with E-state index in [0.29, 0.717) is 24.4 Å². The molecule has 0 amide bonds. The van der Waals surface area contributed by atoms with Crippen LogP contribution in [0.2, 0.25) is 0 Å². The van der Waals surface area contributed by atoms with Crippen molar-refractivity contribution in [1.29, 1.82) is 0 Å². The highest BCUT2D eigenvalue weighted by Gasteiger charge is 2.23. The van der Waals surface area contributed by atoms with E-state index in [1.54, 1.807) is 0 Å². The van der Waals surface area contributed by atoms with E-state index in [-0.39, 0.29) is 0 Å². The van der Waals surface area contributed by atoms with Crippen LogP contribution in [-0.4, -0.2) is 27.6 Å². The molecule has 2 atom stereocenters. The Morgan fingerprint density at radius 2 is 2.26 bits per heavy atom. The van der Waals surface area contributed by atoms with Gasteiger partial charge in [-0.05, 0) is 32.3 Å². The highest BCUT2D eigenvalue weighted by molar-refractivity contribution is 5.71. The quantitative estimate of drug-likeness (QED) is 0.888. The molecule has 102 valence electrons. The number of aromatic amines is 1. The van der Waals surface area contributed by atoms with E-state index in [0.717, 1.165) is 36.3 Å². The van der Waals surface area contributed by atoms with Gasteiger partial charge in [-0.1, -0.05) is 6.42 Å². The molecule has 0 radical (unpaired) electrons. The van der Waals surface area contributed by atoms with Crippen LogP contribution in [-0.2, 0) is 0 Å². The van der Waals surface area contributed by atoms with Crippen molar-refractivity contribution in [2.75, 3.05) is 6.61 Å². The van der Waals surface area contributed by atoms with Crippen molar-refractivity contribution in [3.05, 3.63) is 18.0 Å². The highest BCUT2D eigenvalue weighted by Crippen LogP contribution is 2.31. The zero-order chi connectivity index (χ0) is 13.2. The molecule has 0 aliphatic heterocycles. The van der Waals surface area contributed by atoms with Crippen LogP contribution in [0.4, 0.5) is 0 Å². The molecule has 3 rings (SSSR count). The van der Waals surface area contributed by atoms with E-state index in [1.165, 1.54) is 6.42 Å². The van der Waals surface area contributed by atoms with Gasteiger partial charge in [0.05, 0.1) is 12.1 Å². The summed E-state index contributed by atoms with van der Waals surface area (Å²) >= 11 is 0. The van der Waals surface area contributed by atoms with E-state index in [9.17, 15) is 0 Å². The molecule has 2 aromatic heterocycles. The molecule has 2 unspecified atom stereocenters. The second-order valence-corrected chi connectivity index (χ2v) is 5.20. The summed E-state index contributed by atoms with van der Waals surface area (Å²) in [6.07, 6.45) is 4.48. The van der Waals surface area contributed by atoms with Crippen molar-refractivity contribution in [1.82, 2.24) is 15.0 Å². The molecule has 1 aliphatic rings. The summed E-state index contributed by atoms with van der Waals surface area (Å²) in [5, 5.41) is 0. The summed E-state index contributed by atoms with van der Waals surface area (Å²) in [7, 11) is 0. The third-order valence-electron chi connectivity index (χ3n) is 3.73. The smallest absolute Gasteiger partial charge is 0.215 e. The van der Waals surface area contributed by atoms with Gasteiger partial charge in [0.1, 0.15) is 5.82 Å². The molecule has 5 nitrogen and oxygen atoms in total. The SMILES string of the molecule is CCOc1ccc2[nH]c(C3CCCC(N)C3)nc2n1. The number of aromatic nitrogens is 3. The number of ether oxygens (including phenoxy) is 1. The first-order valence-corrected chi connectivity index (χ1v) is 7.01. The number of hydrogen-bond donors (Lipinski definition) is 2. The maximum atomic E-state index is 6.04. The first-order valence-electron chi connectivity index (χ1n) is 7.01. The van der Waals surface area contributed by atoms with E-state index in [2.05, 4.69) is 15.0 Å². The Morgan fingerprint density at radius 1 is 1.37 bits per heavy atom. The fourth-order valence-electron chi connectivity index (χ4n) is 2.79. The minimum atomic E-state index is 0.305. The van der Waals surface area contributed by atoms with Crippen LogP contribution in [0.3, 0.4) is 0 Å². The zero-order valence-electron chi connectivity index (χ0n) is 11.2. The average Bonchev–Trinajstić information content (AvgIpc) is 2.82. The second kappa shape index (κ2) is 5.17. The topological polar surface area (TPSA) is 76.8 Å². The van der Waals surface area contributed by atoms with Gasteiger partial charge in [-0.15, -0.1) is 0 Å². The maximum Gasteiger partial charge on any atom is 0.215 e. The summed E-state index contributed by atoms with van der Waals surface area (Å²) < 4.78 is 5.40. The summed E-state index contributed by atoms with van der Waals surface area (Å²) in [5.41, 5.74) is 7.75. The Labute approximate surface area is 112 Å². The molecule has 3 N–H and O–H groups in total. The molecular weight excluding hydrogens is 240 g/mol. The monoisotopic (exact) mass is 260 g/mol. The van der Waals surface area contributed by atoms with Crippen LogP contribution in [0, 0.1) is 0 Å². The van der Waals surface area contributed by atoms with Crippen LogP contribution in [0.15, 0.2) is 12.1 Å². The van der Waals surface area contributed by atoms with E-state index in [1.807, 2.05) is 19.1 Å². The van der Waals surface area contributed by atoms with E-state index in [4.69, 9.17) is 10.5 Å². The Hall–Kier alpha value is -1.62. The molecule has 5 heteroatoms. The average molecular weight is 260 g/mol. The van der Waals surface area contributed by atoms with Crippen molar-refractivity contribution in [3.8, 4) is 5.88 Å². The maximum absolute atomic E-state index is 6.04. The minimum Gasteiger partial charge on any atom is -0.478 e. The number of nitrogens with zero attached hydrogens (tertiary/aromatic N) is 2. The molecule has 0 spiro atoms. The lowest BCUT2D eigenvalue weighted by atomic mass is 9.86. The molecule has 0 aromatic carbocycles. The first-order chi connectivity index (χ1) is 9.26. The van der Waals surface area contributed by atoms with Crippen molar-refractivity contribution >= 4 is 11.2 Å². The van der Waals surface area contributed by atoms with Crippen molar-refractivity contribution in [3.63, 3.8) is 0 Å². The van der Waals surface area contributed by atoms with Gasteiger partial charge < -0.3 is 15.5 Å². The predicted octanol–water partition coefficient (Wildman–Crippen LogP) is 2.34. The summed E-state index contributed by atoms with van der Waals surface area (Å²) in [6.45, 7) is 2.57. The van der Waals surface area contributed by atoms with Crippen LogP contribution in [0.5, 0.6) is 5.88 Å². The van der Waals surface area contributed by atoms with Gasteiger partial charge in [-0.25, -0.2) is 4.98 Å².